The van der Waals surface area contributed by atoms with E-state index >= 15 is 0 Å². The third kappa shape index (κ3) is 4.47. The highest BCUT2D eigenvalue weighted by Gasteiger charge is 2.37. The summed E-state index contributed by atoms with van der Waals surface area (Å²) in [6.45, 7) is 3.99. The Hall–Kier alpha value is -3.84. The summed E-state index contributed by atoms with van der Waals surface area (Å²) in [5.41, 5.74) is 3.28. The Morgan fingerprint density at radius 1 is 0.943 bits per heavy atom. The van der Waals surface area contributed by atoms with Gasteiger partial charge in [-0.1, -0.05) is 66.2 Å². The minimum atomic E-state index is -3.89. The quantitative estimate of drug-likeness (QED) is 0.443. The normalized spacial score (nSPS) is 15.4. The van der Waals surface area contributed by atoms with E-state index in [-0.39, 0.29) is 17.3 Å². The van der Waals surface area contributed by atoms with Crippen molar-refractivity contribution in [2.24, 2.45) is 0 Å². The summed E-state index contributed by atoms with van der Waals surface area (Å²) >= 11 is 0. The fourth-order valence-electron chi connectivity index (χ4n) is 4.31. The monoisotopic (exact) mass is 486 g/mol. The highest BCUT2D eigenvalue weighted by Crippen LogP contribution is 2.37. The smallest absolute Gasteiger partial charge is 0.264 e. The molecule has 1 heterocycles. The first-order chi connectivity index (χ1) is 16.8. The van der Waals surface area contributed by atoms with Gasteiger partial charge in [-0.05, 0) is 60.0 Å². The summed E-state index contributed by atoms with van der Waals surface area (Å²) < 4.78 is 34.4. The van der Waals surface area contributed by atoms with Gasteiger partial charge in [0.05, 0.1) is 17.1 Å². The zero-order valence-corrected chi connectivity index (χ0v) is 20.4. The molecule has 1 N–H and O–H groups in total. The van der Waals surface area contributed by atoms with Crippen molar-refractivity contribution in [3.05, 3.63) is 102 Å². The van der Waals surface area contributed by atoms with E-state index in [4.69, 9.17) is 4.74 Å². The lowest BCUT2D eigenvalue weighted by molar-refractivity contribution is -0.127. The van der Waals surface area contributed by atoms with Gasteiger partial charge in [0.2, 0.25) is 0 Å². The van der Waals surface area contributed by atoms with Gasteiger partial charge < -0.3 is 10.1 Å². The lowest BCUT2D eigenvalue weighted by Crippen LogP contribution is -2.50. The molecular weight excluding hydrogens is 460 g/mol. The Balaban J connectivity index is 1.43. The number of benzene rings is 4. The first-order valence-corrected chi connectivity index (χ1v) is 12.9. The van der Waals surface area contributed by atoms with Crippen molar-refractivity contribution >= 4 is 32.4 Å². The highest BCUT2D eigenvalue weighted by atomic mass is 32.2. The molecule has 1 unspecified atom stereocenters. The Labute approximate surface area is 205 Å². The van der Waals surface area contributed by atoms with Crippen LogP contribution in [-0.2, 0) is 21.4 Å². The molecule has 1 aliphatic rings. The number of nitrogens with one attached hydrogen (secondary N) is 1. The summed E-state index contributed by atoms with van der Waals surface area (Å²) in [6.07, 6.45) is -0.987. The second-order valence-electron chi connectivity index (χ2n) is 8.78. The standard InChI is InChI=1S/C28H26N2O4S/c1-19-10-13-23(14-11-19)35(32,33)30-18-27(34-26-16-20(2)12-15-25(26)30)28(31)29-17-22-8-5-7-21-6-3-4-9-24(21)22/h3-16,27H,17-18H2,1-2H3,(H,29,31). The maximum absolute atomic E-state index is 13.6. The average molecular weight is 487 g/mol. The lowest BCUT2D eigenvalue weighted by Gasteiger charge is -2.35. The molecule has 0 aliphatic carbocycles. The molecule has 7 heteroatoms. The Morgan fingerprint density at radius 3 is 2.46 bits per heavy atom. The first-order valence-electron chi connectivity index (χ1n) is 11.4. The van der Waals surface area contributed by atoms with Gasteiger partial charge in [-0.15, -0.1) is 0 Å². The summed E-state index contributed by atoms with van der Waals surface area (Å²) in [5.74, 6) is 0.00597. The molecular formula is C28H26N2O4S. The SMILES string of the molecule is Cc1ccc(S(=O)(=O)N2CC(C(=O)NCc3cccc4ccccc34)Oc3cc(C)ccc32)cc1. The van der Waals surface area contributed by atoms with Crippen molar-refractivity contribution in [1.29, 1.82) is 0 Å². The van der Waals surface area contributed by atoms with Crippen LogP contribution in [0.5, 0.6) is 5.75 Å². The van der Waals surface area contributed by atoms with E-state index in [1.807, 2.05) is 62.4 Å². The van der Waals surface area contributed by atoms with E-state index in [2.05, 4.69) is 5.32 Å². The zero-order valence-electron chi connectivity index (χ0n) is 19.6. The van der Waals surface area contributed by atoms with Crippen LogP contribution in [0.1, 0.15) is 16.7 Å². The summed E-state index contributed by atoms with van der Waals surface area (Å²) in [6, 6.07) is 25.9. The number of carbonyl (C=O) groups excluding carboxylic acids is 1. The van der Waals surface area contributed by atoms with Crippen molar-refractivity contribution in [3.63, 3.8) is 0 Å². The molecule has 5 rings (SSSR count). The maximum atomic E-state index is 13.6. The van der Waals surface area contributed by atoms with Crippen LogP contribution in [0, 0.1) is 13.8 Å². The molecule has 6 nitrogen and oxygen atoms in total. The van der Waals surface area contributed by atoms with Gasteiger partial charge in [-0.25, -0.2) is 8.42 Å². The summed E-state index contributed by atoms with van der Waals surface area (Å²) in [5, 5.41) is 5.09. The van der Waals surface area contributed by atoms with E-state index in [0.717, 1.165) is 27.5 Å². The van der Waals surface area contributed by atoms with Gasteiger partial charge in [-0.3, -0.25) is 9.10 Å². The van der Waals surface area contributed by atoms with Gasteiger partial charge in [0.1, 0.15) is 5.75 Å². The van der Waals surface area contributed by atoms with Gasteiger partial charge in [-0.2, -0.15) is 0 Å². The van der Waals surface area contributed by atoms with Crippen molar-refractivity contribution in [2.45, 2.75) is 31.4 Å². The van der Waals surface area contributed by atoms with Crippen LogP contribution in [0.3, 0.4) is 0 Å². The number of sulfonamides is 1. The van der Waals surface area contributed by atoms with Crippen LogP contribution in [0.4, 0.5) is 5.69 Å². The van der Waals surface area contributed by atoms with Crippen LogP contribution in [0.2, 0.25) is 0 Å². The molecule has 0 bridgehead atoms. The number of amides is 1. The summed E-state index contributed by atoms with van der Waals surface area (Å²) in [4.78, 5) is 13.4. The van der Waals surface area contributed by atoms with Gasteiger partial charge in [0.15, 0.2) is 6.10 Å². The van der Waals surface area contributed by atoms with Gasteiger partial charge >= 0.3 is 0 Å². The molecule has 1 aliphatic heterocycles. The number of carbonyl (C=O) groups is 1. The number of rotatable bonds is 5. The topological polar surface area (TPSA) is 75.7 Å². The van der Waals surface area contributed by atoms with Crippen LogP contribution in [-0.4, -0.2) is 27.0 Å². The van der Waals surface area contributed by atoms with Gasteiger partial charge in [0, 0.05) is 6.54 Å². The zero-order chi connectivity index (χ0) is 24.6. The average Bonchev–Trinajstić information content (AvgIpc) is 2.86. The Bertz CT molecular complexity index is 1510. The fourth-order valence-corrected chi connectivity index (χ4v) is 5.78. The third-order valence-corrected chi connectivity index (χ3v) is 8.01. The molecule has 0 fully saturated rings. The van der Waals surface area contributed by atoms with E-state index in [9.17, 15) is 13.2 Å². The molecule has 0 spiro atoms. The highest BCUT2D eigenvalue weighted by molar-refractivity contribution is 7.92. The molecule has 4 aromatic rings. The predicted molar refractivity (Wildman–Crippen MR) is 137 cm³/mol. The van der Waals surface area contributed by atoms with Crippen molar-refractivity contribution in [3.8, 4) is 5.75 Å². The molecule has 0 radical (unpaired) electrons. The number of hydrogen-bond donors (Lipinski definition) is 1. The number of hydrogen-bond acceptors (Lipinski definition) is 4. The van der Waals surface area contributed by atoms with Crippen molar-refractivity contribution in [1.82, 2.24) is 5.32 Å². The van der Waals surface area contributed by atoms with Crippen LogP contribution in [0.25, 0.3) is 10.8 Å². The molecule has 0 saturated heterocycles. The maximum Gasteiger partial charge on any atom is 0.264 e. The molecule has 178 valence electrons. The number of nitrogens with zero attached hydrogens (tertiary/aromatic N) is 1. The third-order valence-electron chi connectivity index (χ3n) is 6.22. The lowest BCUT2D eigenvalue weighted by atomic mass is 10.0. The van der Waals surface area contributed by atoms with Crippen molar-refractivity contribution in [2.75, 3.05) is 10.8 Å². The number of fused-ring (bicyclic) bond motifs is 2. The predicted octanol–water partition coefficient (Wildman–Crippen LogP) is 4.73. The second kappa shape index (κ2) is 9.07. The Kier molecular flexibility index (Phi) is 5.94. The molecule has 1 amide bonds. The molecule has 0 aromatic heterocycles. The van der Waals surface area contributed by atoms with Gasteiger partial charge in [0.25, 0.3) is 15.9 Å². The first kappa shape index (κ1) is 22.9. The fraction of sp³-hybridized carbons (Fsp3) is 0.179. The van der Waals surface area contributed by atoms with Crippen LogP contribution >= 0.6 is 0 Å². The minimum Gasteiger partial charge on any atom is -0.476 e. The van der Waals surface area contributed by atoms with Crippen molar-refractivity contribution < 1.29 is 17.9 Å². The number of anilines is 1. The second-order valence-corrected chi connectivity index (χ2v) is 10.6. The molecule has 35 heavy (non-hydrogen) atoms. The van der Waals surface area contributed by atoms with E-state index in [0.29, 0.717) is 18.0 Å². The molecule has 1 atom stereocenters. The number of ether oxygens (including phenoxy) is 1. The summed E-state index contributed by atoms with van der Waals surface area (Å²) in [7, 11) is -3.89. The van der Waals surface area contributed by atoms with E-state index in [1.165, 1.54) is 4.31 Å². The van der Waals surface area contributed by atoms with E-state index in [1.54, 1.807) is 36.4 Å². The van der Waals surface area contributed by atoms with E-state index < -0.39 is 16.1 Å². The largest absolute Gasteiger partial charge is 0.476 e. The molecule has 4 aromatic carbocycles. The number of aryl methyl sites for hydroxylation is 2. The van der Waals surface area contributed by atoms with Crippen LogP contribution < -0.4 is 14.4 Å². The molecule has 0 saturated carbocycles. The minimum absolute atomic E-state index is 0.117. The van der Waals surface area contributed by atoms with Crippen LogP contribution in [0.15, 0.2) is 89.8 Å². The Morgan fingerprint density at radius 2 is 1.66 bits per heavy atom.